The molecule has 1 N–H and O–H groups in total. The number of rotatable bonds is 5. The van der Waals surface area contributed by atoms with Gasteiger partial charge in [0.25, 0.3) is 5.91 Å². The summed E-state index contributed by atoms with van der Waals surface area (Å²) in [6.07, 6.45) is -0.805. The van der Waals surface area contributed by atoms with Crippen molar-refractivity contribution in [1.82, 2.24) is 0 Å². The maximum atomic E-state index is 13.1. The molecule has 0 aliphatic rings. The largest absolute Gasteiger partial charge is 0.495 e. The number of methoxy groups -OCH3 is 1. The third-order valence-electron chi connectivity index (χ3n) is 2.99. The molecule has 0 radical (unpaired) electrons. The van der Waals surface area contributed by atoms with Crippen LogP contribution in [0, 0.1) is 5.82 Å². The SMILES string of the molecule is COc1ccc(Cl)cc1NC(=O)C(C)Oc1ccc(F)cc1Br. The molecule has 2 aromatic carbocycles. The van der Waals surface area contributed by atoms with Crippen molar-refractivity contribution in [2.45, 2.75) is 13.0 Å². The first-order valence-electron chi connectivity index (χ1n) is 6.67. The molecule has 0 aliphatic carbocycles. The van der Waals surface area contributed by atoms with Crippen molar-refractivity contribution in [3.8, 4) is 11.5 Å². The molecule has 2 rings (SSSR count). The van der Waals surface area contributed by atoms with E-state index in [0.29, 0.717) is 26.7 Å². The molecule has 0 aliphatic heterocycles. The van der Waals surface area contributed by atoms with Gasteiger partial charge in [-0.05, 0) is 59.3 Å². The van der Waals surface area contributed by atoms with Gasteiger partial charge in [0, 0.05) is 5.02 Å². The Bertz CT molecular complexity index is 726. The Morgan fingerprint density at radius 2 is 1.96 bits per heavy atom. The van der Waals surface area contributed by atoms with Gasteiger partial charge in [0.15, 0.2) is 6.10 Å². The Kier molecular flexibility index (Phi) is 5.85. The Balaban J connectivity index is 2.10. The Labute approximate surface area is 146 Å². The smallest absolute Gasteiger partial charge is 0.265 e. The van der Waals surface area contributed by atoms with E-state index in [-0.39, 0.29) is 5.91 Å². The van der Waals surface area contributed by atoms with Gasteiger partial charge in [-0.2, -0.15) is 0 Å². The molecule has 1 atom stereocenters. The van der Waals surface area contributed by atoms with Crippen LogP contribution in [0.4, 0.5) is 10.1 Å². The molecule has 2 aromatic rings. The summed E-state index contributed by atoms with van der Waals surface area (Å²) in [5.41, 5.74) is 0.443. The van der Waals surface area contributed by atoms with Crippen LogP contribution in [0.1, 0.15) is 6.92 Å². The van der Waals surface area contributed by atoms with E-state index in [1.807, 2.05) is 0 Å². The number of ether oxygens (including phenoxy) is 2. The van der Waals surface area contributed by atoms with E-state index in [4.69, 9.17) is 21.1 Å². The van der Waals surface area contributed by atoms with Crippen LogP contribution in [-0.2, 0) is 4.79 Å². The minimum atomic E-state index is -0.805. The number of anilines is 1. The summed E-state index contributed by atoms with van der Waals surface area (Å²) in [6, 6.07) is 8.86. The van der Waals surface area contributed by atoms with Gasteiger partial charge >= 0.3 is 0 Å². The third-order valence-corrected chi connectivity index (χ3v) is 3.84. The zero-order valence-electron chi connectivity index (χ0n) is 12.4. The standard InChI is InChI=1S/C16H14BrClFNO3/c1-9(23-14-6-4-11(19)8-12(14)17)16(21)20-13-7-10(18)3-5-15(13)22-2/h3-9H,1-2H3,(H,20,21). The van der Waals surface area contributed by atoms with Crippen LogP contribution in [0.15, 0.2) is 40.9 Å². The van der Waals surface area contributed by atoms with Gasteiger partial charge in [-0.1, -0.05) is 11.6 Å². The number of carbonyl (C=O) groups excluding carboxylic acids is 1. The molecule has 1 unspecified atom stereocenters. The minimum absolute atomic E-state index is 0.368. The van der Waals surface area contributed by atoms with Crippen molar-refractivity contribution in [2.24, 2.45) is 0 Å². The highest BCUT2D eigenvalue weighted by Crippen LogP contribution is 2.29. The molecular weight excluding hydrogens is 389 g/mol. The lowest BCUT2D eigenvalue weighted by molar-refractivity contribution is -0.122. The summed E-state index contributed by atoms with van der Waals surface area (Å²) in [4.78, 5) is 12.3. The van der Waals surface area contributed by atoms with E-state index in [2.05, 4.69) is 21.2 Å². The topological polar surface area (TPSA) is 47.6 Å². The van der Waals surface area contributed by atoms with Gasteiger partial charge in [-0.25, -0.2) is 4.39 Å². The predicted molar refractivity (Wildman–Crippen MR) is 90.8 cm³/mol. The molecule has 4 nitrogen and oxygen atoms in total. The molecule has 23 heavy (non-hydrogen) atoms. The monoisotopic (exact) mass is 401 g/mol. The lowest BCUT2D eigenvalue weighted by atomic mass is 10.2. The third kappa shape index (κ3) is 4.59. The molecule has 1 amide bonds. The number of halogens is 3. The van der Waals surface area contributed by atoms with E-state index in [0.717, 1.165) is 0 Å². The summed E-state index contributed by atoms with van der Waals surface area (Å²) in [6.45, 7) is 1.59. The van der Waals surface area contributed by atoms with E-state index >= 15 is 0 Å². The number of hydrogen-bond donors (Lipinski definition) is 1. The van der Waals surface area contributed by atoms with Crippen LogP contribution in [0.5, 0.6) is 11.5 Å². The highest BCUT2D eigenvalue weighted by molar-refractivity contribution is 9.10. The zero-order chi connectivity index (χ0) is 17.0. The van der Waals surface area contributed by atoms with Crippen LogP contribution in [-0.4, -0.2) is 19.1 Å². The number of carbonyl (C=O) groups is 1. The number of benzene rings is 2. The number of amides is 1. The molecule has 0 fully saturated rings. The maximum absolute atomic E-state index is 13.1. The minimum Gasteiger partial charge on any atom is -0.495 e. The quantitative estimate of drug-likeness (QED) is 0.791. The predicted octanol–water partition coefficient (Wildman–Crippen LogP) is 4.66. The van der Waals surface area contributed by atoms with Crippen molar-refractivity contribution < 1.29 is 18.7 Å². The van der Waals surface area contributed by atoms with E-state index in [9.17, 15) is 9.18 Å². The second-order valence-corrected chi connectivity index (χ2v) is 5.96. The first-order valence-corrected chi connectivity index (χ1v) is 7.84. The summed E-state index contributed by atoms with van der Waals surface area (Å²) >= 11 is 9.11. The highest BCUT2D eigenvalue weighted by atomic mass is 79.9. The van der Waals surface area contributed by atoms with Crippen molar-refractivity contribution in [3.05, 3.63) is 51.7 Å². The number of nitrogens with one attached hydrogen (secondary N) is 1. The molecule has 122 valence electrons. The molecule has 0 bridgehead atoms. The lowest BCUT2D eigenvalue weighted by Gasteiger charge is -2.17. The van der Waals surface area contributed by atoms with E-state index in [1.165, 1.54) is 25.3 Å². The fourth-order valence-electron chi connectivity index (χ4n) is 1.83. The van der Waals surface area contributed by atoms with Gasteiger partial charge in [-0.15, -0.1) is 0 Å². The fraction of sp³-hybridized carbons (Fsp3) is 0.188. The molecule has 0 heterocycles. The van der Waals surface area contributed by atoms with E-state index in [1.54, 1.807) is 25.1 Å². The second-order valence-electron chi connectivity index (χ2n) is 4.67. The molecule has 0 saturated carbocycles. The van der Waals surface area contributed by atoms with Crippen LogP contribution >= 0.6 is 27.5 Å². The Hall–Kier alpha value is -1.79. The van der Waals surface area contributed by atoms with Crippen molar-refractivity contribution >= 4 is 39.1 Å². The van der Waals surface area contributed by atoms with Gasteiger partial charge in [0.1, 0.15) is 17.3 Å². The number of hydrogen-bond acceptors (Lipinski definition) is 3. The average Bonchev–Trinajstić information content (AvgIpc) is 2.50. The van der Waals surface area contributed by atoms with Crippen LogP contribution < -0.4 is 14.8 Å². The van der Waals surface area contributed by atoms with Crippen molar-refractivity contribution in [2.75, 3.05) is 12.4 Å². The van der Waals surface area contributed by atoms with E-state index < -0.39 is 11.9 Å². The first kappa shape index (κ1) is 17.6. The lowest BCUT2D eigenvalue weighted by Crippen LogP contribution is -2.30. The molecule has 0 spiro atoms. The Morgan fingerprint density at radius 1 is 1.26 bits per heavy atom. The summed E-state index contributed by atoms with van der Waals surface area (Å²) in [5, 5.41) is 3.16. The summed E-state index contributed by atoms with van der Waals surface area (Å²) in [5.74, 6) is 0.0665. The summed E-state index contributed by atoms with van der Waals surface area (Å²) in [7, 11) is 1.49. The average molecular weight is 403 g/mol. The highest BCUT2D eigenvalue weighted by Gasteiger charge is 2.18. The normalized spacial score (nSPS) is 11.7. The molecule has 0 saturated heterocycles. The Morgan fingerprint density at radius 3 is 2.61 bits per heavy atom. The van der Waals surface area contributed by atoms with Gasteiger partial charge in [0.2, 0.25) is 0 Å². The van der Waals surface area contributed by atoms with Crippen LogP contribution in [0.3, 0.4) is 0 Å². The summed E-state index contributed by atoms with van der Waals surface area (Å²) < 4.78 is 24.2. The molecule has 0 aromatic heterocycles. The van der Waals surface area contributed by atoms with Crippen LogP contribution in [0.25, 0.3) is 0 Å². The molecular formula is C16H14BrClFNO3. The maximum Gasteiger partial charge on any atom is 0.265 e. The first-order chi connectivity index (χ1) is 10.9. The van der Waals surface area contributed by atoms with Crippen molar-refractivity contribution in [1.29, 1.82) is 0 Å². The van der Waals surface area contributed by atoms with Crippen molar-refractivity contribution in [3.63, 3.8) is 0 Å². The molecule has 7 heteroatoms. The fourth-order valence-corrected chi connectivity index (χ4v) is 2.44. The zero-order valence-corrected chi connectivity index (χ0v) is 14.7. The van der Waals surface area contributed by atoms with Gasteiger partial charge in [-0.3, -0.25) is 4.79 Å². The van der Waals surface area contributed by atoms with Gasteiger partial charge < -0.3 is 14.8 Å². The van der Waals surface area contributed by atoms with Crippen LogP contribution in [0.2, 0.25) is 5.02 Å². The van der Waals surface area contributed by atoms with Gasteiger partial charge in [0.05, 0.1) is 17.3 Å². The second kappa shape index (κ2) is 7.66.